The van der Waals surface area contributed by atoms with Crippen LogP contribution in [0.25, 0.3) is 0 Å². The van der Waals surface area contributed by atoms with E-state index < -0.39 is 26.4 Å². The molecule has 0 spiro atoms. The molecule has 1 unspecified atom stereocenters. The van der Waals surface area contributed by atoms with Gasteiger partial charge in [-0.2, -0.15) is 0 Å². The van der Waals surface area contributed by atoms with Crippen LogP contribution in [0, 0.1) is 5.41 Å². The minimum Gasteiger partial charge on any atom is -0.377 e. The Balaban J connectivity index is 5.88. The summed E-state index contributed by atoms with van der Waals surface area (Å²) in [6, 6.07) is 2.02. The van der Waals surface area contributed by atoms with E-state index in [-0.39, 0.29) is 11.5 Å². The summed E-state index contributed by atoms with van der Waals surface area (Å²) in [5, 5.41) is 0. The first-order valence-electron chi connectivity index (χ1n) is 12.6. The van der Waals surface area contributed by atoms with E-state index in [9.17, 15) is 0 Å². The molecule has 0 bridgehead atoms. The van der Waals surface area contributed by atoms with Crippen molar-refractivity contribution < 1.29 is 39.8 Å². The molecule has 0 saturated heterocycles. The van der Waals surface area contributed by atoms with Crippen molar-refractivity contribution in [2.75, 3.05) is 70.5 Å². The van der Waals surface area contributed by atoms with Gasteiger partial charge in [-0.15, -0.1) is 0 Å². The van der Waals surface area contributed by atoms with Gasteiger partial charge in [-0.1, -0.05) is 0 Å². The largest absolute Gasteiger partial charge is 0.500 e. The third kappa shape index (κ3) is 10.4. The molecule has 0 fully saturated rings. The zero-order valence-electron chi connectivity index (χ0n) is 24.2. The molecule has 0 rings (SSSR count). The molecule has 0 aliphatic heterocycles. The van der Waals surface area contributed by atoms with Gasteiger partial charge in [0.05, 0.1) is 0 Å². The monoisotopic (exact) mass is 574 g/mol. The third-order valence-electron chi connectivity index (χ3n) is 7.54. The van der Waals surface area contributed by atoms with E-state index in [0.717, 1.165) is 44.9 Å². The van der Waals surface area contributed by atoms with E-state index in [1.807, 2.05) is 0 Å². The van der Waals surface area contributed by atoms with Crippen molar-refractivity contribution >= 4 is 26.4 Å². The molecule has 0 heterocycles. The van der Waals surface area contributed by atoms with E-state index in [2.05, 4.69) is 0 Å². The Labute approximate surface area is 222 Å². The van der Waals surface area contributed by atoms with Gasteiger partial charge in [0.15, 0.2) is 0 Å². The second kappa shape index (κ2) is 18.5. The Morgan fingerprint density at radius 3 is 0.972 bits per heavy atom. The highest BCUT2D eigenvalue weighted by atomic mass is 28.4. The van der Waals surface area contributed by atoms with Crippen LogP contribution in [0.15, 0.2) is 0 Å². The summed E-state index contributed by atoms with van der Waals surface area (Å²) in [6.07, 6.45) is 5.91. The lowest BCUT2D eigenvalue weighted by atomic mass is 9.69. The molecule has 0 aromatic rings. The second-order valence-electron chi connectivity index (χ2n) is 8.99. The zero-order valence-corrected chi connectivity index (χ0v) is 27.2. The van der Waals surface area contributed by atoms with Crippen molar-refractivity contribution in [3.63, 3.8) is 0 Å². The summed E-state index contributed by atoms with van der Waals surface area (Å²) in [4.78, 5) is 0. The van der Waals surface area contributed by atoms with Crippen LogP contribution in [0.1, 0.15) is 44.9 Å². The maximum Gasteiger partial charge on any atom is 0.500 e. The summed E-state index contributed by atoms with van der Waals surface area (Å²) in [6.45, 7) is 0.523. The van der Waals surface area contributed by atoms with Crippen molar-refractivity contribution in [3.8, 4) is 0 Å². The molecule has 11 nitrogen and oxygen atoms in total. The Hall–Kier alpha value is 0.211. The lowest BCUT2D eigenvalue weighted by Crippen LogP contribution is -2.47. The second-order valence-corrected chi connectivity index (χ2v) is 18.3. The molecule has 1 atom stereocenters. The number of rotatable bonds is 24. The van der Waals surface area contributed by atoms with Crippen LogP contribution in [-0.4, -0.2) is 103 Å². The number of hydrogen-bond acceptors (Lipinski definition) is 11. The minimum atomic E-state index is -2.70. The molecular formula is C22H54N2O9Si3. The van der Waals surface area contributed by atoms with Crippen LogP contribution in [0.4, 0.5) is 0 Å². The molecule has 4 N–H and O–H groups in total. The first kappa shape index (κ1) is 36.2. The van der Waals surface area contributed by atoms with Gasteiger partial charge < -0.3 is 51.3 Å². The van der Waals surface area contributed by atoms with Gasteiger partial charge in [0, 0.05) is 88.2 Å². The molecule has 0 aromatic carbocycles. The Bertz CT molecular complexity index is 465. The summed E-state index contributed by atoms with van der Waals surface area (Å²) in [5.41, 5.74) is 12.7. The van der Waals surface area contributed by atoms with Gasteiger partial charge >= 0.3 is 26.4 Å². The first-order valence-corrected chi connectivity index (χ1v) is 18.4. The average molecular weight is 575 g/mol. The fraction of sp³-hybridized carbons (Fsp3) is 1.00. The van der Waals surface area contributed by atoms with Crippen molar-refractivity contribution in [2.24, 2.45) is 16.9 Å². The van der Waals surface area contributed by atoms with E-state index in [1.165, 1.54) is 0 Å². The third-order valence-corrected chi connectivity index (χ3v) is 16.0. The van der Waals surface area contributed by atoms with Crippen LogP contribution >= 0.6 is 0 Å². The standard InChI is InChI=1S/C22H54N2O9Si3/c1-25-34(26-2,27-3)18-10-14-22(21(24)13-17-23,15-11-19-35(28-4,29-5)30-6)16-12-20-36(31-7,32-8)33-9/h21H,10-20,23-24H2,1-9H3. The SMILES string of the molecule is CO[Si](CCCC(CCC[Si](OC)(OC)OC)(CCC[Si](OC)(OC)OC)C(N)CCN)(OC)OC. The van der Waals surface area contributed by atoms with Gasteiger partial charge in [0.1, 0.15) is 0 Å². The molecule has 36 heavy (non-hydrogen) atoms. The Morgan fingerprint density at radius 1 is 0.528 bits per heavy atom. The van der Waals surface area contributed by atoms with Crippen LogP contribution in [-0.2, 0) is 39.8 Å². The normalized spacial score (nSPS) is 14.4. The summed E-state index contributed by atoms with van der Waals surface area (Å²) < 4.78 is 50.9. The highest BCUT2D eigenvalue weighted by Crippen LogP contribution is 2.42. The van der Waals surface area contributed by atoms with E-state index >= 15 is 0 Å². The molecule has 0 saturated carbocycles. The highest BCUT2D eigenvalue weighted by molar-refractivity contribution is 6.61. The molecule has 0 aromatic heterocycles. The Morgan fingerprint density at radius 2 is 0.778 bits per heavy atom. The van der Waals surface area contributed by atoms with Crippen molar-refractivity contribution in [1.82, 2.24) is 0 Å². The van der Waals surface area contributed by atoms with Gasteiger partial charge in [-0.3, -0.25) is 0 Å². The minimum absolute atomic E-state index is 0.0846. The van der Waals surface area contributed by atoms with Gasteiger partial charge in [-0.05, 0) is 56.9 Å². The first-order chi connectivity index (χ1) is 17.1. The van der Waals surface area contributed by atoms with E-state index in [0.29, 0.717) is 24.7 Å². The number of hydrogen-bond donors (Lipinski definition) is 2. The van der Waals surface area contributed by atoms with Crippen LogP contribution in [0.2, 0.25) is 18.1 Å². The van der Waals surface area contributed by atoms with Crippen LogP contribution in [0.3, 0.4) is 0 Å². The van der Waals surface area contributed by atoms with Gasteiger partial charge in [-0.25, -0.2) is 0 Å². The lowest BCUT2D eigenvalue weighted by molar-refractivity contribution is 0.105. The van der Waals surface area contributed by atoms with Crippen LogP contribution in [0.5, 0.6) is 0 Å². The topological polar surface area (TPSA) is 135 Å². The molecule has 0 amide bonds. The molecule has 0 aliphatic carbocycles. The molecule has 0 aliphatic rings. The quantitative estimate of drug-likeness (QED) is 0.165. The fourth-order valence-electron chi connectivity index (χ4n) is 5.06. The Kier molecular flexibility index (Phi) is 18.6. The van der Waals surface area contributed by atoms with Crippen LogP contribution < -0.4 is 11.5 Å². The van der Waals surface area contributed by atoms with Crippen molar-refractivity contribution in [3.05, 3.63) is 0 Å². The summed E-state index contributed by atoms with van der Waals surface area (Å²) >= 11 is 0. The fourth-order valence-corrected chi connectivity index (χ4v) is 10.2. The smallest absolute Gasteiger partial charge is 0.377 e. The predicted molar refractivity (Wildman–Crippen MR) is 147 cm³/mol. The maximum absolute atomic E-state index is 6.88. The van der Waals surface area contributed by atoms with E-state index in [4.69, 9.17) is 51.3 Å². The van der Waals surface area contributed by atoms with Crippen molar-refractivity contribution in [2.45, 2.75) is 69.1 Å². The van der Waals surface area contributed by atoms with Gasteiger partial charge in [0.2, 0.25) is 0 Å². The average Bonchev–Trinajstić information content (AvgIpc) is 2.92. The van der Waals surface area contributed by atoms with Gasteiger partial charge in [0.25, 0.3) is 0 Å². The molecular weight excluding hydrogens is 521 g/mol. The number of nitrogens with two attached hydrogens (primary N) is 2. The van der Waals surface area contributed by atoms with E-state index in [1.54, 1.807) is 64.0 Å². The molecule has 14 heteroatoms. The predicted octanol–water partition coefficient (Wildman–Crippen LogP) is 2.62. The summed E-state index contributed by atoms with van der Waals surface area (Å²) in [5.74, 6) is 0. The molecule has 218 valence electrons. The molecule has 0 radical (unpaired) electrons. The maximum atomic E-state index is 6.88. The zero-order chi connectivity index (χ0) is 27.7. The summed E-state index contributed by atoms with van der Waals surface area (Å²) in [7, 11) is 6.67. The van der Waals surface area contributed by atoms with Crippen molar-refractivity contribution in [1.29, 1.82) is 0 Å². The lowest BCUT2D eigenvalue weighted by Gasteiger charge is -2.41. The highest BCUT2D eigenvalue weighted by Gasteiger charge is 2.44.